The van der Waals surface area contributed by atoms with Gasteiger partial charge in [0.15, 0.2) is 0 Å². The average Bonchev–Trinajstić information content (AvgIpc) is 3.38. The second kappa shape index (κ2) is 7.85. The minimum atomic E-state index is -0.0604. The molecule has 0 fully saturated rings. The summed E-state index contributed by atoms with van der Waals surface area (Å²) in [4.78, 5) is 0. The van der Waals surface area contributed by atoms with Crippen LogP contribution in [0.3, 0.4) is 0 Å². The molecule has 1 unspecified atom stereocenters. The minimum absolute atomic E-state index is 0.0122. The van der Waals surface area contributed by atoms with Crippen LogP contribution in [0, 0.1) is 0 Å². The highest BCUT2D eigenvalue weighted by atomic mass is 35.5. The lowest BCUT2D eigenvalue weighted by atomic mass is 9.78. The standard InChI is InChI=1S/C34H25ClO/c1-34(2)28-14-5-3-11-24(28)25-18-17-22(20-29(25)34)32(21-9-7-10-23(35)19-21)27-13-8-16-31-33(27)26-12-4-6-15-30(26)36-31/h3-20,32H,1-2H3. The quantitative estimate of drug-likeness (QED) is 0.228. The van der Waals surface area contributed by atoms with E-state index in [1.54, 1.807) is 0 Å². The zero-order valence-corrected chi connectivity index (χ0v) is 21.0. The summed E-state index contributed by atoms with van der Waals surface area (Å²) in [6, 6.07) is 38.8. The van der Waals surface area contributed by atoms with Gasteiger partial charge in [0.2, 0.25) is 0 Å². The minimum Gasteiger partial charge on any atom is -0.456 e. The Morgan fingerprint density at radius 1 is 0.639 bits per heavy atom. The van der Waals surface area contributed by atoms with Crippen LogP contribution in [0.5, 0.6) is 0 Å². The van der Waals surface area contributed by atoms with Gasteiger partial charge in [0, 0.05) is 27.1 Å². The second-order valence-corrected chi connectivity index (χ2v) is 10.7. The van der Waals surface area contributed by atoms with Gasteiger partial charge in [-0.1, -0.05) is 110 Å². The molecule has 0 spiro atoms. The van der Waals surface area contributed by atoms with Crippen molar-refractivity contribution < 1.29 is 4.42 Å². The van der Waals surface area contributed by atoms with Crippen LogP contribution in [-0.2, 0) is 5.41 Å². The van der Waals surface area contributed by atoms with Crippen LogP contribution in [0.2, 0.25) is 5.02 Å². The Morgan fingerprint density at radius 3 is 2.25 bits per heavy atom. The van der Waals surface area contributed by atoms with Crippen molar-refractivity contribution in [3.63, 3.8) is 0 Å². The van der Waals surface area contributed by atoms with Crippen molar-refractivity contribution in [3.8, 4) is 11.1 Å². The number of benzene rings is 5. The third-order valence-corrected chi connectivity index (χ3v) is 8.10. The van der Waals surface area contributed by atoms with Crippen LogP contribution in [0.1, 0.15) is 47.6 Å². The van der Waals surface area contributed by atoms with Crippen LogP contribution in [0.25, 0.3) is 33.1 Å². The fourth-order valence-electron chi connectivity index (χ4n) is 6.18. The Bertz CT molecular complexity index is 1790. The molecule has 0 N–H and O–H groups in total. The van der Waals surface area contributed by atoms with E-state index in [-0.39, 0.29) is 11.3 Å². The molecule has 1 atom stereocenters. The molecular weight excluding hydrogens is 460 g/mol. The first kappa shape index (κ1) is 21.5. The summed E-state index contributed by atoms with van der Waals surface area (Å²) in [5.74, 6) is 0.0122. The molecule has 5 aromatic carbocycles. The monoisotopic (exact) mass is 484 g/mol. The molecule has 7 rings (SSSR count). The zero-order chi connectivity index (χ0) is 24.4. The maximum Gasteiger partial charge on any atom is 0.135 e. The zero-order valence-electron chi connectivity index (χ0n) is 20.3. The Labute approximate surface area is 216 Å². The summed E-state index contributed by atoms with van der Waals surface area (Å²) in [5.41, 5.74) is 10.9. The van der Waals surface area contributed by atoms with E-state index in [1.165, 1.54) is 44.3 Å². The van der Waals surface area contributed by atoms with Gasteiger partial charge in [-0.25, -0.2) is 0 Å². The van der Waals surface area contributed by atoms with E-state index in [9.17, 15) is 0 Å². The Hall–Kier alpha value is -3.81. The maximum absolute atomic E-state index is 6.54. The van der Waals surface area contributed by atoms with Crippen LogP contribution in [0.4, 0.5) is 0 Å². The lowest BCUT2D eigenvalue weighted by molar-refractivity contribution is 0.658. The fraction of sp³-hybridized carbons (Fsp3) is 0.118. The van der Waals surface area contributed by atoms with Crippen molar-refractivity contribution in [2.24, 2.45) is 0 Å². The molecule has 0 aliphatic heterocycles. The molecule has 1 aromatic heterocycles. The average molecular weight is 485 g/mol. The highest BCUT2D eigenvalue weighted by Crippen LogP contribution is 2.50. The van der Waals surface area contributed by atoms with Crippen molar-refractivity contribution in [2.45, 2.75) is 25.2 Å². The Morgan fingerprint density at radius 2 is 1.36 bits per heavy atom. The second-order valence-electron chi connectivity index (χ2n) is 10.3. The van der Waals surface area contributed by atoms with Crippen molar-refractivity contribution >= 4 is 33.5 Å². The van der Waals surface area contributed by atoms with E-state index < -0.39 is 0 Å². The van der Waals surface area contributed by atoms with Crippen molar-refractivity contribution in [1.82, 2.24) is 0 Å². The molecule has 6 aromatic rings. The van der Waals surface area contributed by atoms with Gasteiger partial charge in [0.1, 0.15) is 11.2 Å². The number of fused-ring (bicyclic) bond motifs is 6. The van der Waals surface area contributed by atoms with Gasteiger partial charge < -0.3 is 4.42 Å². The molecule has 1 aliphatic carbocycles. The summed E-state index contributed by atoms with van der Waals surface area (Å²) in [7, 11) is 0. The molecule has 0 saturated carbocycles. The SMILES string of the molecule is CC1(C)c2ccccc2-c2ccc(C(c3cccc(Cl)c3)c3cccc4oc5ccccc5c34)cc21. The number of halogens is 1. The van der Waals surface area contributed by atoms with E-state index in [0.717, 1.165) is 21.6 Å². The van der Waals surface area contributed by atoms with Gasteiger partial charge >= 0.3 is 0 Å². The smallest absolute Gasteiger partial charge is 0.135 e. The van der Waals surface area contributed by atoms with E-state index >= 15 is 0 Å². The molecular formula is C34H25ClO. The Balaban J connectivity index is 1.51. The lowest BCUT2D eigenvalue weighted by Gasteiger charge is -2.25. The van der Waals surface area contributed by atoms with E-state index in [4.69, 9.17) is 16.0 Å². The van der Waals surface area contributed by atoms with E-state index in [2.05, 4.69) is 98.8 Å². The topological polar surface area (TPSA) is 13.1 Å². The van der Waals surface area contributed by atoms with Crippen molar-refractivity contribution in [3.05, 3.63) is 142 Å². The maximum atomic E-state index is 6.54. The van der Waals surface area contributed by atoms with Gasteiger partial charge in [-0.05, 0) is 63.2 Å². The van der Waals surface area contributed by atoms with Crippen LogP contribution in [-0.4, -0.2) is 0 Å². The predicted octanol–water partition coefficient (Wildman–Crippen LogP) is 9.73. The first-order valence-electron chi connectivity index (χ1n) is 12.4. The highest BCUT2D eigenvalue weighted by molar-refractivity contribution is 6.30. The fourth-order valence-corrected chi connectivity index (χ4v) is 6.38. The third kappa shape index (κ3) is 3.09. The van der Waals surface area contributed by atoms with Crippen LogP contribution < -0.4 is 0 Å². The largest absolute Gasteiger partial charge is 0.456 e. The molecule has 36 heavy (non-hydrogen) atoms. The van der Waals surface area contributed by atoms with Gasteiger partial charge in [-0.3, -0.25) is 0 Å². The summed E-state index contributed by atoms with van der Waals surface area (Å²) < 4.78 is 6.26. The van der Waals surface area contributed by atoms with Gasteiger partial charge in [0.25, 0.3) is 0 Å². The number of rotatable bonds is 3. The van der Waals surface area contributed by atoms with Crippen LogP contribution >= 0.6 is 11.6 Å². The first-order chi connectivity index (χ1) is 17.5. The summed E-state index contributed by atoms with van der Waals surface area (Å²) in [6.07, 6.45) is 0. The summed E-state index contributed by atoms with van der Waals surface area (Å²) in [6.45, 7) is 4.67. The number of para-hydroxylation sites is 1. The predicted molar refractivity (Wildman–Crippen MR) is 150 cm³/mol. The number of furan rings is 1. The molecule has 0 saturated heterocycles. The number of hydrogen-bond donors (Lipinski definition) is 0. The third-order valence-electron chi connectivity index (χ3n) is 7.87. The van der Waals surface area contributed by atoms with Crippen LogP contribution in [0.15, 0.2) is 114 Å². The molecule has 0 bridgehead atoms. The highest BCUT2D eigenvalue weighted by Gasteiger charge is 2.36. The molecule has 1 aliphatic rings. The Kier molecular flexibility index (Phi) is 4.68. The molecule has 0 radical (unpaired) electrons. The van der Waals surface area contributed by atoms with E-state index in [0.29, 0.717) is 0 Å². The molecule has 174 valence electrons. The van der Waals surface area contributed by atoms with Crippen molar-refractivity contribution in [1.29, 1.82) is 0 Å². The lowest BCUT2D eigenvalue weighted by Crippen LogP contribution is -2.15. The number of hydrogen-bond acceptors (Lipinski definition) is 1. The van der Waals surface area contributed by atoms with Gasteiger partial charge in [-0.2, -0.15) is 0 Å². The first-order valence-corrected chi connectivity index (χ1v) is 12.8. The summed E-state index contributed by atoms with van der Waals surface area (Å²) >= 11 is 6.54. The summed E-state index contributed by atoms with van der Waals surface area (Å²) in [5, 5.41) is 3.06. The van der Waals surface area contributed by atoms with Gasteiger partial charge in [0.05, 0.1) is 0 Å². The molecule has 1 nitrogen and oxygen atoms in total. The molecule has 1 heterocycles. The van der Waals surface area contributed by atoms with E-state index in [1.807, 2.05) is 24.3 Å². The molecule has 2 heteroatoms. The molecule has 0 amide bonds. The van der Waals surface area contributed by atoms with Gasteiger partial charge in [-0.15, -0.1) is 0 Å². The van der Waals surface area contributed by atoms with Crippen molar-refractivity contribution in [2.75, 3.05) is 0 Å². The normalized spacial score (nSPS) is 14.6.